The lowest BCUT2D eigenvalue weighted by atomic mass is 10.0. The summed E-state index contributed by atoms with van der Waals surface area (Å²) in [5.74, 6) is 0.317. The largest absolute Gasteiger partial charge is 0.313 e. The fourth-order valence-electron chi connectivity index (χ4n) is 1.95. The third kappa shape index (κ3) is 0.777. The molecule has 3 heteroatoms. The highest BCUT2D eigenvalue weighted by Crippen LogP contribution is 2.31. The summed E-state index contributed by atoms with van der Waals surface area (Å²) in [4.78, 5) is 10.9. The van der Waals surface area contributed by atoms with Crippen molar-refractivity contribution in [2.75, 3.05) is 0 Å². The lowest BCUT2D eigenvalue weighted by Gasteiger charge is -2.27. The molecule has 1 N–H and O–H groups in total. The minimum atomic E-state index is 0.145. The maximum Gasteiger partial charge on any atom is 0.136 e. The quantitative estimate of drug-likeness (QED) is 0.536. The van der Waals surface area contributed by atoms with Gasteiger partial charge in [0.25, 0.3) is 0 Å². The molecular weight excluding hydrogens is 130 g/mol. The first-order valence-corrected chi connectivity index (χ1v) is 3.76. The van der Waals surface area contributed by atoms with E-state index in [2.05, 4.69) is 0 Å². The monoisotopic (exact) mass is 141 g/mol. The van der Waals surface area contributed by atoms with Crippen LogP contribution < -0.4 is 0 Å². The molecule has 2 fully saturated rings. The molecule has 2 atom stereocenters. The third-order valence-electron chi connectivity index (χ3n) is 2.51. The molecule has 56 valence electrons. The number of fused-ring (bicyclic) bond motifs is 2. The Morgan fingerprint density at radius 3 is 2.30 bits per heavy atom. The van der Waals surface area contributed by atoms with Crippen molar-refractivity contribution in [1.29, 1.82) is 0 Å². The Labute approximate surface area is 59.6 Å². The van der Waals surface area contributed by atoms with Gasteiger partial charge < -0.3 is 5.21 Å². The van der Waals surface area contributed by atoms with Gasteiger partial charge in [-0.1, -0.05) is 0 Å². The number of carbonyl (C=O) groups excluding carboxylic acids is 1. The molecule has 2 aliphatic rings. The Kier molecular flexibility index (Phi) is 1.28. The molecule has 10 heavy (non-hydrogen) atoms. The van der Waals surface area contributed by atoms with E-state index in [1.54, 1.807) is 0 Å². The predicted octanol–water partition coefficient (Wildman–Crippen LogP) is 0.572. The Hall–Kier alpha value is -0.410. The Bertz CT molecular complexity index is 153. The maximum absolute atomic E-state index is 10.9. The molecule has 2 aliphatic heterocycles. The van der Waals surface area contributed by atoms with Crippen molar-refractivity contribution in [3.8, 4) is 0 Å². The van der Waals surface area contributed by atoms with Gasteiger partial charge >= 0.3 is 0 Å². The number of carbonyl (C=O) groups is 1. The molecule has 0 unspecified atom stereocenters. The first-order valence-electron chi connectivity index (χ1n) is 3.76. The summed E-state index contributed by atoms with van der Waals surface area (Å²) >= 11 is 0. The number of Topliss-reactive ketones (excluding diaryl/α,β-unsaturated/α-hetero) is 1. The molecule has 2 bridgehead atoms. The molecule has 2 saturated heterocycles. The number of rotatable bonds is 0. The summed E-state index contributed by atoms with van der Waals surface area (Å²) in [5, 5.41) is 10.7. The number of nitrogens with zero attached hydrogens (tertiary/aromatic N) is 1. The fourth-order valence-corrected chi connectivity index (χ4v) is 1.95. The van der Waals surface area contributed by atoms with Crippen LogP contribution in [0.1, 0.15) is 25.7 Å². The van der Waals surface area contributed by atoms with Crippen molar-refractivity contribution in [1.82, 2.24) is 5.06 Å². The van der Waals surface area contributed by atoms with Crippen LogP contribution in [0.25, 0.3) is 0 Å². The van der Waals surface area contributed by atoms with E-state index in [1.165, 1.54) is 5.06 Å². The molecule has 0 aromatic heterocycles. The van der Waals surface area contributed by atoms with Gasteiger partial charge in [-0.15, -0.1) is 0 Å². The number of hydrogen-bond acceptors (Lipinski definition) is 3. The highest BCUT2D eigenvalue weighted by atomic mass is 16.5. The van der Waals surface area contributed by atoms with Crippen LogP contribution in [0.5, 0.6) is 0 Å². The predicted molar refractivity (Wildman–Crippen MR) is 34.7 cm³/mol. The van der Waals surface area contributed by atoms with Crippen LogP contribution in [0.4, 0.5) is 0 Å². The molecule has 0 aromatic rings. The van der Waals surface area contributed by atoms with Crippen molar-refractivity contribution >= 4 is 5.78 Å². The smallest absolute Gasteiger partial charge is 0.136 e. The second kappa shape index (κ2) is 2.04. The van der Waals surface area contributed by atoms with Gasteiger partial charge in [-0.2, -0.15) is 5.06 Å². The fraction of sp³-hybridized carbons (Fsp3) is 0.857. The van der Waals surface area contributed by atoms with E-state index in [-0.39, 0.29) is 12.1 Å². The molecule has 0 aliphatic carbocycles. The van der Waals surface area contributed by atoms with Crippen LogP contribution in [-0.4, -0.2) is 28.1 Å². The lowest BCUT2D eigenvalue weighted by Crippen LogP contribution is -2.40. The topological polar surface area (TPSA) is 40.5 Å². The van der Waals surface area contributed by atoms with Crippen LogP contribution >= 0.6 is 0 Å². The van der Waals surface area contributed by atoms with E-state index in [4.69, 9.17) is 0 Å². The van der Waals surface area contributed by atoms with Gasteiger partial charge in [0.05, 0.1) is 0 Å². The van der Waals surface area contributed by atoms with Gasteiger partial charge in [0.2, 0.25) is 0 Å². The van der Waals surface area contributed by atoms with Gasteiger partial charge in [-0.05, 0) is 12.8 Å². The second-order valence-electron chi connectivity index (χ2n) is 3.21. The standard InChI is InChI=1S/C7H11NO2/c9-7-3-5-1-2-6(4-7)8(5)10/h5-6,10H,1-4H2/t5-,6+. The second-order valence-corrected chi connectivity index (χ2v) is 3.21. The van der Waals surface area contributed by atoms with Crippen molar-refractivity contribution in [3.63, 3.8) is 0 Å². The first kappa shape index (κ1) is 6.31. The number of ketones is 1. The van der Waals surface area contributed by atoms with Gasteiger partial charge in [0.15, 0.2) is 0 Å². The van der Waals surface area contributed by atoms with Crippen molar-refractivity contribution in [2.45, 2.75) is 37.8 Å². The Morgan fingerprint density at radius 2 is 1.80 bits per heavy atom. The van der Waals surface area contributed by atoms with Gasteiger partial charge in [0, 0.05) is 24.9 Å². The van der Waals surface area contributed by atoms with Crippen molar-refractivity contribution < 1.29 is 10.0 Å². The highest BCUT2D eigenvalue weighted by molar-refractivity contribution is 5.80. The average Bonchev–Trinajstić information content (AvgIpc) is 2.20. The van der Waals surface area contributed by atoms with Crippen LogP contribution in [0.3, 0.4) is 0 Å². The zero-order valence-electron chi connectivity index (χ0n) is 5.79. The minimum absolute atomic E-state index is 0.145. The molecule has 0 saturated carbocycles. The van der Waals surface area contributed by atoms with E-state index in [9.17, 15) is 10.0 Å². The van der Waals surface area contributed by atoms with Crippen molar-refractivity contribution in [2.24, 2.45) is 0 Å². The SMILES string of the molecule is O=C1C[C@H]2CC[C@@H](C1)N2O. The zero-order chi connectivity index (χ0) is 7.14. The van der Waals surface area contributed by atoms with Gasteiger partial charge in [-0.3, -0.25) is 4.79 Å². The van der Waals surface area contributed by atoms with E-state index >= 15 is 0 Å². The Balaban J connectivity index is 2.16. The maximum atomic E-state index is 10.9. The summed E-state index contributed by atoms with van der Waals surface area (Å²) < 4.78 is 0. The van der Waals surface area contributed by atoms with Gasteiger partial charge in [-0.25, -0.2) is 0 Å². The zero-order valence-corrected chi connectivity index (χ0v) is 5.79. The normalized spacial score (nSPS) is 40.7. The number of piperidine rings is 1. The van der Waals surface area contributed by atoms with Crippen LogP contribution in [0.2, 0.25) is 0 Å². The molecule has 0 radical (unpaired) electrons. The van der Waals surface area contributed by atoms with Crippen LogP contribution in [-0.2, 0) is 4.79 Å². The Morgan fingerprint density at radius 1 is 1.30 bits per heavy atom. The van der Waals surface area contributed by atoms with E-state index in [0.29, 0.717) is 18.6 Å². The minimum Gasteiger partial charge on any atom is -0.313 e. The summed E-state index contributed by atoms with van der Waals surface area (Å²) in [6, 6.07) is 0.289. The highest BCUT2D eigenvalue weighted by Gasteiger charge is 2.39. The number of hydrogen-bond donors (Lipinski definition) is 1. The first-order chi connectivity index (χ1) is 4.77. The van der Waals surface area contributed by atoms with Crippen molar-refractivity contribution in [3.05, 3.63) is 0 Å². The molecule has 3 nitrogen and oxygen atoms in total. The summed E-state index contributed by atoms with van der Waals surface area (Å²) in [6.45, 7) is 0. The molecule has 2 rings (SSSR count). The molecule has 0 amide bonds. The van der Waals surface area contributed by atoms with Crippen LogP contribution in [0.15, 0.2) is 0 Å². The summed E-state index contributed by atoms with van der Waals surface area (Å²) in [6.07, 6.45) is 3.11. The summed E-state index contributed by atoms with van der Waals surface area (Å²) in [5.41, 5.74) is 0. The van der Waals surface area contributed by atoms with Gasteiger partial charge in [0.1, 0.15) is 5.78 Å². The third-order valence-corrected chi connectivity index (χ3v) is 2.51. The van der Waals surface area contributed by atoms with E-state index in [1.807, 2.05) is 0 Å². The van der Waals surface area contributed by atoms with Crippen LogP contribution in [0, 0.1) is 0 Å². The molecule has 0 spiro atoms. The summed E-state index contributed by atoms with van der Waals surface area (Å²) in [7, 11) is 0. The molecular formula is C7H11NO2. The average molecular weight is 141 g/mol. The molecule has 0 aromatic carbocycles. The number of hydroxylamine groups is 2. The van der Waals surface area contributed by atoms with E-state index < -0.39 is 0 Å². The lowest BCUT2D eigenvalue weighted by molar-refractivity contribution is -0.161. The molecule has 2 heterocycles. The van der Waals surface area contributed by atoms with E-state index in [0.717, 1.165) is 12.8 Å².